The largest absolute Gasteiger partial charge is 0.494 e. The van der Waals surface area contributed by atoms with E-state index >= 15 is 0 Å². The third kappa shape index (κ3) is 2.63. The van der Waals surface area contributed by atoms with Gasteiger partial charge in [0.2, 0.25) is 11.8 Å². The molecule has 2 aromatic carbocycles. The molecule has 0 atom stereocenters. The van der Waals surface area contributed by atoms with Crippen LogP contribution in [0.4, 0.5) is 4.39 Å². The zero-order valence-electron chi connectivity index (χ0n) is 11.6. The molecular formula is C16H13FN2O2. The highest BCUT2D eigenvalue weighted by Crippen LogP contribution is 2.27. The van der Waals surface area contributed by atoms with Crippen LogP contribution in [0.3, 0.4) is 0 Å². The molecule has 3 rings (SSSR count). The zero-order chi connectivity index (χ0) is 14.8. The number of benzene rings is 2. The van der Waals surface area contributed by atoms with Gasteiger partial charge >= 0.3 is 0 Å². The Morgan fingerprint density at radius 1 is 0.952 bits per heavy atom. The Hall–Kier alpha value is -2.69. The molecule has 0 saturated heterocycles. The summed E-state index contributed by atoms with van der Waals surface area (Å²) in [6.07, 6.45) is 0. The lowest BCUT2D eigenvalue weighted by atomic mass is 10.0. The first-order valence-corrected chi connectivity index (χ1v) is 6.42. The van der Waals surface area contributed by atoms with E-state index in [1.165, 1.54) is 13.2 Å². The highest BCUT2D eigenvalue weighted by atomic mass is 19.1. The van der Waals surface area contributed by atoms with Gasteiger partial charge in [-0.3, -0.25) is 0 Å². The van der Waals surface area contributed by atoms with Crippen molar-refractivity contribution >= 4 is 0 Å². The van der Waals surface area contributed by atoms with Crippen LogP contribution in [-0.4, -0.2) is 17.3 Å². The van der Waals surface area contributed by atoms with Crippen LogP contribution in [0.1, 0.15) is 5.89 Å². The van der Waals surface area contributed by atoms with Crippen molar-refractivity contribution in [1.29, 1.82) is 0 Å². The molecular weight excluding hydrogens is 271 g/mol. The average Bonchev–Trinajstić information content (AvgIpc) is 2.94. The van der Waals surface area contributed by atoms with Gasteiger partial charge in [0.05, 0.1) is 7.11 Å². The van der Waals surface area contributed by atoms with Crippen molar-refractivity contribution in [3.8, 4) is 28.3 Å². The lowest BCUT2D eigenvalue weighted by molar-refractivity contribution is 0.386. The van der Waals surface area contributed by atoms with Crippen molar-refractivity contribution in [2.45, 2.75) is 6.92 Å². The summed E-state index contributed by atoms with van der Waals surface area (Å²) >= 11 is 0. The van der Waals surface area contributed by atoms with Crippen molar-refractivity contribution in [2.75, 3.05) is 7.11 Å². The Labute approximate surface area is 121 Å². The number of nitrogens with zero attached hydrogens (tertiary/aromatic N) is 2. The molecule has 0 bridgehead atoms. The zero-order valence-corrected chi connectivity index (χ0v) is 11.6. The van der Waals surface area contributed by atoms with Crippen LogP contribution >= 0.6 is 0 Å². The Morgan fingerprint density at radius 2 is 1.62 bits per heavy atom. The smallest absolute Gasteiger partial charge is 0.247 e. The first-order chi connectivity index (χ1) is 10.2. The van der Waals surface area contributed by atoms with E-state index in [9.17, 15) is 4.39 Å². The number of aromatic nitrogens is 2. The van der Waals surface area contributed by atoms with E-state index in [0.717, 1.165) is 16.7 Å². The molecule has 0 radical (unpaired) electrons. The van der Waals surface area contributed by atoms with Crippen LogP contribution in [0.25, 0.3) is 22.6 Å². The summed E-state index contributed by atoms with van der Waals surface area (Å²) in [5.74, 6) is 0.842. The van der Waals surface area contributed by atoms with Gasteiger partial charge in [0.25, 0.3) is 0 Å². The lowest BCUT2D eigenvalue weighted by Gasteiger charge is -2.06. The predicted molar refractivity (Wildman–Crippen MR) is 76.4 cm³/mol. The second-order valence-electron chi connectivity index (χ2n) is 4.55. The highest BCUT2D eigenvalue weighted by molar-refractivity contribution is 5.67. The molecule has 1 heterocycles. The molecule has 0 aliphatic carbocycles. The monoisotopic (exact) mass is 284 g/mol. The van der Waals surface area contributed by atoms with Crippen molar-refractivity contribution < 1.29 is 13.5 Å². The van der Waals surface area contributed by atoms with E-state index in [-0.39, 0.29) is 11.6 Å². The number of hydrogen-bond acceptors (Lipinski definition) is 4. The Bertz CT molecular complexity index is 766. The first kappa shape index (κ1) is 13.3. The topological polar surface area (TPSA) is 48.2 Å². The van der Waals surface area contributed by atoms with Gasteiger partial charge in [-0.05, 0) is 35.4 Å². The fraction of sp³-hybridized carbons (Fsp3) is 0.125. The molecule has 106 valence electrons. The first-order valence-electron chi connectivity index (χ1n) is 6.42. The van der Waals surface area contributed by atoms with Crippen LogP contribution in [0.2, 0.25) is 0 Å². The standard InChI is InChI=1S/C16H13FN2O2/c1-10-18-19-16(21-10)12-5-3-11(4-6-12)13-7-8-15(20-2)14(17)9-13/h3-9H,1-2H3. The normalized spacial score (nSPS) is 10.6. The minimum Gasteiger partial charge on any atom is -0.494 e. The number of aryl methyl sites for hydroxylation is 1. The van der Waals surface area contributed by atoms with Crippen molar-refractivity contribution in [3.05, 3.63) is 54.2 Å². The highest BCUT2D eigenvalue weighted by Gasteiger charge is 2.08. The Kier molecular flexibility index (Phi) is 3.39. The van der Waals surface area contributed by atoms with Crippen LogP contribution in [0, 0.1) is 12.7 Å². The van der Waals surface area contributed by atoms with Crippen LogP contribution in [-0.2, 0) is 0 Å². The summed E-state index contributed by atoms with van der Waals surface area (Å²) in [5.41, 5.74) is 2.51. The van der Waals surface area contributed by atoms with E-state index in [1.54, 1.807) is 13.0 Å². The number of halogens is 1. The second-order valence-corrected chi connectivity index (χ2v) is 4.55. The molecule has 4 nitrogen and oxygen atoms in total. The second kappa shape index (κ2) is 5.36. The predicted octanol–water partition coefficient (Wildman–Crippen LogP) is 3.86. The SMILES string of the molecule is COc1ccc(-c2ccc(-c3nnc(C)o3)cc2)cc1F. The molecule has 21 heavy (non-hydrogen) atoms. The van der Waals surface area contributed by atoms with Gasteiger partial charge in [-0.15, -0.1) is 10.2 Å². The summed E-state index contributed by atoms with van der Waals surface area (Å²) in [5, 5.41) is 7.76. The minimum absolute atomic E-state index is 0.233. The van der Waals surface area contributed by atoms with E-state index in [0.29, 0.717) is 11.8 Å². The molecule has 0 aliphatic heterocycles. The van der Waals surface area contributed by atoms with Gasteiger partial charge in [-0.1, -0.05) is 18.2 Å². The van der Waals surface area contributed by atoms with Crippen molar-refractivity contribution in [3.63, 3.8) is 0 Å². The van der Waals surface area contributed by atoms with Gasteiger partial charge in [0.1, 0.15) is 0 Å². The maximum absolute atomic E-state index is 13.7. The maximum Gasteiger partial charge on any atom is 0.247 e. The molecule has 0 unspecified atom stereocenters. The average molecular weight is 284 g/mol. The van der Waals surface area contributed by atoms with Crippen LogP contribution in [0.5, 0.6) is 5.75 Å². The summed E-state index contributed by atoms with van der Waals surface area (Å²) in [6.45, 7) is 1.74. The van der Waals surface area contributed by atoms with Crippen LogP contribution < -0.4 is 4.74 Å². The summed E-state index contributed by atoms with van der Waals surface area (Å²) < 4.78 is 24.0. The maximum atomic E-state index is 13.7. The number of rotatable bonds is 3. The van der Waals surface area contributed by atoms with Crippen LogP contribution in [0.15, 0.2) is 46.9 Å². The van der Waals surface area contributed by atoms with E-state index in [1.807, 2.05) is 30.3 Å². The third-order valence-corrected chi connectivity index (χ3v) is 3.14. The van der Waals surface area contributed by atoms with Gasteiger partial charge < -0.3 is 9.15 Å². The molecule has 3 aromatic rings. The van der Waals surface area contributed by atoms with E-state index in [2.05, 4.69) is 10.2 Å². The fourth-order valence-corrected chi connectivity index (χ4v) is 2.06. The van der Waals surface area contributed by atoms with Crippen molar-refractivity contribution in [1.82, 2.24) is 10.2 Å². The number of hydrogen-bond donors (Lipinski definition) is 0. The van der Waals surface area contributed by atoms with Gasteiger partial charge in [0, 0.05) is 12.5 Å². The van der Waals surface area contributed by atoms with Gasteiger partial charge in [-0.2, -0.15) is 0 Å². The summed E-state index contributed by atoms with van der Waals surface area (Å²) in [7, 11) is 1.44. The summed E-state index contributed by atoms with van der Waals surface area (Å²) in [4.78, 5) is 0. The van der Waals surface area contributed by atoms with Crippen molar-refractivity contribution in [2.24, 2.45) is 0 Å². The molecule has 5 heteroatoms. The minimum atomic E-state index is -0.383. The molecule has 0 saturated carbocycles. The third-order valence-electron chi connectivity index (χ3n) is 3.14. The number of ether oxygens (including phenoxy) is 1. The number of methoxy groups -OCH3 is 1. The summed E-state index contributed by atoms with van der Waals surface area (Å²) in [6, 6.07) is 12.4. The molecule has 0 aliphatic rings. The molecule has 1 aromatic heterocycles. The van der Waals surface area contributed by atoms with E-state index < -0.39 is 0 Å². The lowest BCUT2D eigenvalue weighted by Crippen LogP contribution is -1.88. The molecule has 0 fully saturated rings. The fourth-order valence-electron chi connectivity index (χ4n) is 2.06. The molecule has 0 N–H and O–H groups in total. The Morgan fingerprint density at radius 3 is 2.19 bits per heavy atom. The molecule has 0 spiro atoms. The van der Waals surface area contributed by atoms with Gasteiger partial charge in [-0.25, -0.2) is 4.39 Å². The molecule has 0 amide bonds. The van der Waals surface area contributed by atoms with E-state index in [4.69, 9.17) is 9.15 Å². The quantitative estimate of drug-likeness (QED) is 0.732. The van der Waals surface area contributed by atoms with Gasteiger partial charge in [0.15, 0.2) is 11.6 Å². The Balaban J connectivity index is 1.92.